The van der Waals surface area contributed by atoms with E-state index in [-0.39, 0.29) is 23.3 Å². The molecule has 2 heterocycles. The van der Waals surface area contributed by atoms with Gasteiger partial charge in [0, 0.05) is 38.1 Å². The monoisotopic (exact) mass is 348 g/mol. The summed E-state index contributed by atoms with van der Waals surface area (Å²) in [6, 6.07) is 0.603. The maximum atomic E-state index is 12.9. The Labute approximate surface area is 150 Å². The van der Waals surface area contributed by atoms with Gasteiger partial charge in [0.05, 0.1) is 6.04 Å². The van der Waals surface area contributed by atoms with Gasteiger partial charge in [-0.05, 0) is 57.5 Å². The van der Waals surface area contributed by atoms with Crippen LogP contribution in [0.15, 0.2) is 0 Å². The number of likely N-dealkylation sites (tertiary alicyclic amines) is 1. The van der Waals surface area contributed by atoms with Crippen LogP contribution in [0.1, 0.15) is 45.4 Å². The van der Waals surface area contributed by atoms with Crippen molar-refractivity contribution in [3.05, 3.63) is 0 Å². The van der Waals surface area contributed by atoms with E-state index in [2.05, 4.69) is 14.7 Å². The predicted molar refractivity (Wildman–Crippen MR) is 95.8 cm³/mol. The smallest absolute Gasteiger partial charge is 0.234 e. The van der Waals surface area contributed by atoms with Crippen LogP contribution in [0.25, 0.3) is 0 Å². The lowest BCUT2D eigenvalue weighted by molar-refractivity contribution is -0.136. The van der Waals surface area contributed by atoms with E-state index in [1.807, 2.05) is 6.92 Å². The summed E-state index contributed by atoms with van der Waals surface area (Å²) in [5.41, 5.74) is 5.64. The van der Waals surface area contributed by atoms with Crippen molar-refractivity contribution in [1.82, 2.24) is 14.7 Å². The average molecular weight is 348 g/mol. The van der Waals surface area contributed by atoms with Crippen molar-refractivity contribution in [1.29, 1.82) is 0 Å². The lowest BCUT2D eigenvalue weighted by atomic mass is 9.89. The van der Waals surface area contributed by atoms with Crippen LogP contribution in [-0.4, -0.2) is 77.9 Å². The lowest BCUT2D eigenvalue weighted by Gasteiger charge is -2.43. The minimum atomic E-state index is -0.247. The van der Waals surface area contributed by atoms with Crippen molar-refractivity contribution < 1.29 is 9.59 Å². The third-order valence-corrected chi connectivity index (χ3v) is 7.46. The van der Waals surface area contributed by atoms with Crippen molar-refractivity contribution in [2.75, 3.05) is 39.3 Å². The van der Waals surface area contributed by atoms with E-state index in [1.54, 1.807) is 0 Å². The molecule has 4 fully saturated rings. The topological polar surface area (TPSA) is 69.9 Å². The van der Waals surface area contributed by atoms with Crippen LogP contribution in [0.5, 0.6) is 0 Å². The van der Waals surface area contributed by atoms with Crippen LogP contribution in [0, 0.1) is 11.3 Å². The van der Waals surface area contributed by atoms with Crippen LogP contribution in [0.3, 0.4) is 0 Å². The van der Waals surface area contributed by atoms with Gasteiger partial charge in [0.2, 0.25) is 11.8 Å². The van der Waals surface area contributed by atoms with Crippen molar-refractivity contribution in [3.63, 3.8) is 0 Å². The summed E-state index contributed by atoms with van der Waals surface area (Å²) in [6.45, 7) is 7.60. The Morgan fingerprint density at radius 1 is 1.04 bits per heavy atom. The first-order valence-corrected chi connectivity index (χ1v) is 10.1. The Kier molecular flexibility index (Phi) is 4.52. The molecule has 0 aromatic rings. The van der Waals surface area contributed by atoms with Crippen molar-refractivity contribution in [3.8, 4) is 0 Å². The summed E-state index contributed by atoms with van der Waals surface area (Å²) in [5, 5.41) is 0. The van der Waals surface area contributed by atoms with Crippen LogP contribution in [-0.2, 0) is 9.59 Å². The standard InChI is InChI=1S/C19H32N4O2/c1-14(17(20)24)21-7-5-19(6-8-21)13-16(19)18(25)23-11-9-22(10-12-23)15-3-2-4-15/h14-16H,2-13H2,1H3,(H2,20,24). The van der Waals surface area contributed by atoms with Crippen LogP contribution in [0.4, 0.5) is 0 Å². The zero-order valence-electron chi connectivity index (χ0n) is 15.5. The molecule has 2 atom stereocenters. The zero-order valence-corrected chi connectivity index (χ0v) is 15.5. The molecular formula is C19H32N4O2. The summed E-state index contributed by atoms with van der Waals surface area (Å²) in [7, 11) is 0. The number of nitrogens with two attached hydrogens (primary N) is 1. The molecule has 4 aliphatic rings. The van der Waals surface area contributed by atoms with Gasteiger partial charge in [-0.1, -0.05) is 6.42 Å². The highest BCUT2D eigenvalue weighted by Gasteiger charge is 2.59. The van der Waals surface area contributed by atoms with Crippen molar-refractivity contribution >= 4 is 11.8 Å². The van der Waals surface area contributed by atoms with E-state index in [0.29, 0.717) is 5.91 Å². The molecule has 0 bridgehead atoms. The molecule has 2 unspecified atom stereocenters. The molecule has 6 heteroatoms. The number of piperidine rings is 1. The molecule has 2 N–H and O–H groups in total. The zero-order chi connectivity index (χ0) is 17.6. The Balaban J connectivity index is 1.26. The normalized spacial score (nSPS) is 31.6. The quantitative estimate of drug-likeness (QED) is 0.810. The van der Waals surface area contributed by atoms with E-state index in [1.165, 1.54) is 19.3 Å². The second-order valence-electron chi connectivity index (χ2n) is 8.68. The highest BCUT2D eigenvalue weighted by atomic mass is 16.2. The fraction of sp³-hybridized carbons (Fsp3) is 0.895. The summed E-state index contributed by atoms with van der Waals surface area (Å²) in [5.74, 6) is 0.377. The molecule has 1 spiro atoms. The van der Waals surface area contributed by atoms with Crippen molar-refractivity contribution in [2.24, 2.45) is 17.1 Å². The van der Waals surface area contributed by atoms with Gasteiger partial charge in [0.15, 0.2) is 0 Å². The number of primary amides is 1. The summed E-state index contributed by atoms with van der Waals surface area (Å²) < 4.78 is 0. The van der Waals surface area contributed by atoms with Gasteiger partial charge < -0.3 is 10.6 Å². The molecule has 2 aliphatic heterocycles. The maximum absolute atomic E-state index is 12.9. The number of hydrogen-bond donors (Lipinski definition) is 1. The van der Waals surface area contributed by atoms with Gasteiger partial charge in [-0.2, -0.15) is 0 Å². The van der Waals surface area contributed by atoms with E-state index >= 15 is 0 Å². The van der Waals surface area contributed by atoms with Gasteiger partial charge in [0.25, 0.3) is 0 Å². The van der Waals surface area contributed by atoms with E-state index < -0.39 is 0 Å². The van der Waals surface area contributed by atoms with Gasteiger partial charge >= 0.3 is 0 Å². The van der Waals surface area contributed by atoms with Gasteiger partial charge in [0.1, 0.15) is 0 Å². The molecular weight excluding hydrogens is 316 g/mol. The van der Waals surface area contributed by atoms with Crippen molar-refractivity contribution in [2.45, 2.75) is 57.5 Å². The number of carbonyl (C=O) groups excluding carboxylic acids is 2. The Morgan fingerprint density at radius 2 is 1.68 bits per heavy atom. The molecule has 2 saturated carbocycles. The van der Waals surface area contributed by atoms with Crippen LogP contribution >= 0.6 is 0 Å². The Morgan fingerprint density at radius 3 is 2.20 bits per heavy atom. The molecule has 2 saturated heterocycles. The fourth-order valence-corrected chi connectivity index (χ4v) is 5.07. The first-order valence-electron chi connectivity index (χ1n) is 10.1. The largest absolute Gasteiger partial charge is 0.368 e. The molecule has 0 aromatic heterocycles. The summed E-state index contributed by atoms with van der Waals surface area (Å²) >= 11 is 0. The molecule has 0 radical (unpaired) electrons. The van der Waals surface area contributed by atoms with Crippen LogP contribution in [0.2, 0.25) is 0 Å². The number of hydrogen-bond acceptors (Lipinski definition) is 4. The lowest BCUT2D eigenvalue weighted by Crippen LogP contribution is -2.54. The Bertz CT molecular complexity index is 532. The summed E-state index contributed by atoms with van der Waals surface area (Å²) in [6.07, 6.45) is 7.18. The molecule has 6 nitrogen and oxygen atoms in total. The number of nitrogens with zero attached hydrogens (tertiary/aromatic N) is 3. The highest BCUT2D eigenvalue weighted by molar-refractivity contribution is 5.83. The van der Waals surface area contributed by atoms with E-state index in [9.17, 15) is 9.59 Å². The van der Waals surface area contributed by atoms with Gasteiger partial charge in [-0.15, -0.1) is 0 Å². The second-order valence-corrected chi connectivity index (χ2v) is 8.68. The molecule has 140 valence electrons. The highest BCUT2D eigenvalue weighted by Crippen LogP contribution is 2.60. The SMILES string of the molecule is CC(C(N)=O)N1CCC2(CC1)CC2C(=O)N1CCN(C2CCC2)CC1. The van der Waals surface area contributed by atoms with Gasteiger partial charge in [-0.25, -0.2) is 0 Å². The number of amides is 2. The molecule has 2 aliphatic carbocycles. The Hall–Kier alpha value is -1.14. The van der Waals surface area contributed by atoms with Gasteiger partial charge in [-0.3, -0.25) is 19.4 Å². The maximum Gasteiger partial charge on any atom is 0.234 e. The number of piperazine rings is 1. The number of rotatable bonds is 4. The second kappa shape index (κ2) is 6.54. The first kappa shape index (κ1) is 17.3. The third-order valence-electron chi connectivity index (χ3n) is 7.46. The fourth-order valence-electron chi connectivity index (χ4n) is 5.07. The molecule has 25 heavy (non-hydrogen) atoms. The number of carbonyl (C=O) groups is 2. The van der Waals surface area contributed by atoms with E-state index in [0.717, 1.165) is 64.6 Å². The molecule has 2 amide bonds. The molecule has 4 rings (SSSR count). The van der Waals surface area contributed by atoms with Crippen LogP contribution < -0.4 is 5.73 Å². The first-order chi connectivity index (χ1) is 12.0. The summed E-state index contributed by atoms with van der Waals surface area (Å²) in [4.78, 5) is 31.2. The van der Waals surface area contributed by atoms with E-state index in [4.69, 9.17) is 5.73 Å². The third kappa shape index (κ3) is 3.19. The molecule has 0 aromatic carbocycles. The average Bonchev–Trinajstić information content (AvgIpc) is 3.27. The minimum Gasteiger partial charge on any atom is -0.368 e. The predicted octanol–water partition coefficient (Wildman–Crippen LogP) is 0.659. The minimum absolute atomic E-state index is 0.190.